The molecule has 1 aliphatic rings. The van der Waals surface area contributed by atoms with Crippen LogP contribution in [-0.4, -0.2) is 40.6 Å². The maximum Gasteiger partial charge on any atom is 0.222 e. The number of carbonyl (C=O) groups is 1. The molecule has 3 aromatic rings. The first-order valence-electron chi connectivity index (χ1n) is 11.3. The van der Waals surface area contributed by atoms with Crippen molar-refractivity contribution in [2.75, 3.05) is 20.2 Å². The molecule has 6 heteroatoms. The fourth-order valence-electron chi connectivity index (χ4n) is 4.89. The summed E-state index contributed by atoms with van der Waals surface area (Å²) in [5.41, 5.74) is 2.70. The zero-order valence-electron chi connectivity index (χ0n) is 19.0. The van der Waals surface area contributed by atoms with Crippen molar-refractivity contribution in [3.63, 3.8) is 0 Å². The number of methoxy groups -OCH3 is 1. The third kappa shape index (κ3) is 3.79. The second kappa shape index (κ2) is 9.37. The number of hydrogen-bond acceptors (Lipinski definition) is 3. The number of amides is 1. The van der Waals surface area contributed by atoms with Crippen molar-refractivity contribution in [3.8, 4) is 17.1 Å². The lowest BCUT2D eigenvalue weighted by Gasteiger charge is -2.34. The third-order valence-corrected chi connectivity index (χ3v) is 6.58. The van der Waals surface area contributed by atoms with E-state index in [-0.39, 0.29) is 5.91 Å². The molecule has 4 rings (SSSR count). The maximum atomic E-state index is 13.2. The molecule has 0 N–H and O–H groups in total. The highest BCUT2D eigenvalue weighted by atomic mass is 35.5. The van der Waals surface area contributed by atoms with Crippen molar-refractivity contribution in [2.24, 2.45) is 0 Å². The average Bonchev–Trinajstić information content (AvgIpc) is 3.38. The van der Waals surface area contributed by atoms with Crippen LogP contribution >= 0.6 is 11.6 Å². The molecule has 0 aliphatic carbocycles. The van der Waals surface area contributed by atoms with Gasteiger partial charge in [-0.05, 0) is 60.7 Å². The van der Waals surface area contributed by atoms with Crippen LogP contribution in [0.2, 0.25) is 5.02 Å². The fourth-order valence-corrected chi connectivity index (χ4v) is 5.02. The number of carbonyl (C=O) groups excluding carboxylic acids is 1. The Morgan fingerprint density at radius 1 is 1.12 bits per heavy atom. The highest BCUT2D eigenvalue weighted by Crippen LogP contribution is 2.50. The molecule has 168 valence electrons. The minimum Gasteiger partial charge on any atom is -0.497 e. The molecule has 0 saturated carbocycles. The lowest BCUT2D eigenvalue weighted by molar-refractivity contribution is -0.131. The van der Waals surface area contributed by atoms with Crippen LogP contribution in [0.1, 0.15) is 50.7 Å². The summed E-state index contributed by atoms with van der Waals surface area (Å²) in [6, 6.07) is 14.0. The molecule has 1 unspecified atom stereocenters. The van der Waals surface area contributed by atoms with Crippen LogP contribution in [0.5, 0.6) is 5.75 Å². The van der Waals surface area contributed by atoms with Gasteiger partial charge in [-0.25, -0.2) is 4.98 Å². The highest BCUT2D eigenvalue weighted by molar-refractivity contribution is 6.30. The van der Waals surface area contributed by atoms with Gasteiger partial charge >= 0.3 is 0 Å². The molecule has 0 saturated heterocycles. The smallest absolute Gasteiger partial charge is 0.222 e. The van der Waals surface area contributed by atoms with E-state index in [9.17, 15) is 4.79 Å². The van der Waals surface area contributed by atoms with Crippen LogP contribution in [-0.2, 0) is 10.3 Å². The predicted octanol–water partition coefficient (Wildman–Crippen LogP) is 5.75. The number of ether oxygens (including phenoxy) is 1. The van der Waals surface area contributed by atoms with Crippen LogP contribution in [0.3, 0.4) is 0 Å². The van der Waals surface area contributed by atoms with Gasteiger partial charge in [0.15, 0.2) is 0 Å². The average molecular weight is 452 g/mol. The number of halogens is 1. The molecular weight excluding hydrogens is 422 g/mol. The summed E-state index contributed by atoms with van der Waals surface area (Å²) in [6.07, 6.45) is 6.82. The number of imidazole rings is 1. The van der Waals surface area contributed by atoms with Gasteiger partial charge in [-0.3, -0.25) is 4.79 Å². The van der Waals surface area contributed by atoms with Crippen LogP contribution < -0.4 is 4.74 Å². The van der Waals surface area contributed by atoms with Crippen LogP contribution in [0.4, 0.5) is 0 Å². The Balaban J connectivity index is 1.82. The molecule has 32 heavy (non-hydrogen) atoms. The first-order valence-corrected chi connectivity index (χ1v) is 11.7. The second-order valence-electron chi connectivity index (χ2n) is 8.28. The summed E-state index contributed by atoms with van der Waals surface area (Å²) in [5, 5.41) is 0.687. The Morgan fingerprint density at radius 2 is 1.84 bits per heavy atom. The normalized spacial score (nSPS) is 16.5. The topological polar surface area (TPSA) is 47.4 Å². The predicted molar refractivity (Wildman–Crippen MR) is 128 cm³/mol. The molecule has 0 bridgehead atoms. The first-order chi connectivity index (χ1) is 15.5. The van der Waals surface area contributed by atoms with E-state index in [4.69, 9.17) is 16.3 Å². The molecule has 2 aromatic carbocycles. The van der Waals surface area contributed by atoms with Crippen LogP contribution in [0.25, 0.3) is 11.4 Å². The number of nitrogens with zero attached hydrogens (tertiary/aromatic N) is 3. The van der Waals surface area contributed by atoms with Crippen molar-refractivity contribution >= 4 is 17.5 Å². The van der Waals surface area contributed by atoms with E-state index in [0.717, 1.165) is 54.2 Å². The molecular formula is C26H30ClN3O2. The van der Waals surface area contributed by atoms with Crippen molar-refractivity contribution < 1.29 is 9.53 Å². The van der Waals surface area contributed by atoms with Crippen molar-refractivity contribution in [3.05, 3.63) is 71.0 Å². The molecule has 5 nitrogen and oxygen atoms in total. The Bertz CT molecular complexity index is 1090. The van der Waals surface area contributed by atoms with E-state index >= 15 is 0 Å². The summed E-state index contributed by atoms with van der Waals surface area (Å²) in [5.74, 6) is 1.89. The number of hydrogen-bond donors (Lipinski definition) is 0. The Morgan fingerprint density at radius 3 is 2.50 bits per heavy atom. The summed E-state index contributed by atoms with van der Waals surface area (Å²) >= 11 is 6.23. The van der Waals surface area contributed by atoms with E-state index in [1.807, 2.05) is 35.5 Å². The van der Waals surface area contributed by atoms with Gasteiger partial charge < -0.3 is 14.2 Å². The van der Waals surface area contributed by atoms with Gasteiger partial charge in [0.1, 0.15) is 11.6 Å². The standard InChI is InChI=1S/C26H30ClN3O2/c1-4-15-29(16-5-2)24(31)12-13-26(19-6-8-20(27)9-7-19)23-18-21(32-3)10-11-22(23)25-28-14-17-30(25)26/h6-11,14,17-18H,4-5,12-13,15-16H2,1-3H3. The van der Waals surface area contributed by atoms with Crippen molar-refractivity contribution in [1.29, 1.82) is 0 Å². The zero-order valence-corrected chi connectivity index (χ0v) is 19.7. The second-order valence-corrected chi connectivity index (χ2v) is 8.72. The number of rotatable bonds is 9. The summed E-state index contributed by atoms with van der Waals surface area (Å²) < 4.78 is 7.77. The minimum absolute atomic E-state index is 0.194. The van der Waals surface area contributed by atoms with Crippen LogP contribution in [0, 0.1) is 0 Å². The Labute approximate surface area is 195 Å². The Kier molecular flexibility index (Phi) is 6.56. The molecule has 1 aromatic heterocycles. The third-order valence-electron chi connectivity index (χ3n) is 6.33. The highest BCUT2D eigenvalue weighted by Gasteiger charge is 2.45. The number of fused-ring (bicyclic) bond motifs is 3. The quantitative estimate of drug-likeness (QED) is 0.416. The minimum atomic E-state index is -0.556. The number of benzene rings is 2. The molecule has 0 radical (unpaired) electrons. The molecule has 1 aliphatic heterocycles. The maximum absolute atomic E-state index is 13.2. The number of aromatic nitrogens is 2. The van der Waals surface area contributed by atoms with Gasteiger partial charge in [0.2, 0.25) is 5.91 Å². The summed E-state index contributed by atoms with van der Waals surface area (Å²) in [6.45, 7) is 5.81. The van der Waals surface area contributed by atoms with Gasteiger partial charge in [0, 0.05) is 42.5 Å². The van der Waals surface area contributed by atoms with Gasteiger partial charge in [0.25, 0.3) is 0 Å². The van der Waals surface area contributed by atoms with E-state index in [0.29, 0.717) is 17.9 Å². The molecule has 2 heterocycles. The van der Waals surface area contributed by atoms with Gasteiger partial charge in [0.05, 0.1) is 12.6 Å². The molecule has 1 amide bonds. The fraction of sp³-hybridized carbons (Fsp3) is 0.385. The summed E-state index contributed by atoms with van der Waals surface area (Å²) in [7, 11) is 1.68. The van der Waals surface area contributed by atoms with Gasteiger partial charge in [-0.2, -0.15) is 0 Å². The van der Waals surface area contributed by atoms with E-state index in [2.05, 4.69) is 47.7 Å². The van der Waals surface area contributed by atoms with E-state index < -0.39 is 5.54 Å². The Hall–Kier alpha value is -2.79. The van der Waals surface area contributed by atoms with E-state index in [1.165, 1.54) is 0 Å². The van der Waals surface area contributed by atoms with Crippen LogP contribution in [0.15, 0.2) is 54.9 Å². The van der Waals surface area contributed by atoms with Crippen molar-refractivity contribution in [2.45, 2.75) is 45.1 Å². The molecule has 0 fully saturated rings. The first kappa shape index (κ1) is 22.4. The monoisotopic (exact) mass is 451 g/mol. The van der Waals surface area contributed by atoms with Gasteiger partial charge in [-0.15, -0.1) is 0 Å². The molecule has 0 spiro atoms. The lowest BCUT2D eigenvalue weighted by Crippen LogP contribution is -2.37. The SMILES string of the molecule is CCCN(CCC)C(=O)CCC1(c2ccc(Cl)cc2)c2cc(OC)ccc2-c2nccn21. The summed E-state index contributed by atoms with van der Waals surface area (Å²) in [4.78, 5) is 19.9. The van der Waals surface area contributed by atoms with E-state index in [1.54, 1.807) is 7.11 Å². The van der Waals surface area contributed by atoms with Gasteiger partial charge in [-0.1, -0.05) is 37.6 Å². The lowest BCUT2D eigenvalue weighted by atomic mass is 9.79. The zero-order chi connectivity index (χ0) is 22.7. The largest absolute Gasteiger partial charge is 0.497 e. The van der Waals surface area contributed by atoms with Crippen molar-refractivity contribution in [1.82, 2.24) is 14.5 Å². The molecule has 1 atom stereocenters.